The maximum absolute atomic E-state index is 12.1. The molecule has 1 fully saturated rings. The lowest BCUT2D eigenvalue weighted by atomic mass is 10.0. The second kappa shape index (κ2) is 6.73. The van der Waals surface area contributed by atoms with Crippen LogP contribution < -0.4 is 10.9 Å². The molecule has 0 aliphatic heterocycles. The van der Waals surface area contributed by atoms with E-state index < -0.39 is 0 Å². The van der Waals surface area contributed by atoms with Crippen LogP contribution >= 0.6 is 0 Å². The molecule has 0 saturated heterocycles. The van der Waals surface area contributed by atoms with E-state index in [4.69, 9.17) is 0 Å². The normalized spacial score (nSPS) is 15.1. The highest BCUT2D eigenvalue weighted by Gasteiger charge is 2.14. The van der Waals surface area contributed by atoms with Gasteiger partial charge in [-0.25, -0.2) is 4.98 Å². The summed E-state index contributed by atoms with van der Waals surface area (Å²) in [6.45, 7) is 0.866. The fraction of sp³-hybridized carbons (Fsp3) is 0.471. The van der Waals surface area contributed by atoms with Gasteiger partial charge >= 0.3 is 0 Å². The van der Waals surface area contributed by atoms with Crippen LogP contribution in [0.2, 0.25) is 0 Å². The second-order valence-electron chi connectivity index (χ2n) is 5.96. The summed E-state index contributed by atoms with van der Waals surface area (Å²) < 4.78 is 1.57. The number of hydrogen-bond acceptors (Lipinski definition) is 4. The highest BCUT2D eigenvalue weighted by atomic mass is 16.1. The number of nitrogens with one attached hydrogen (secondary N) is 1. The minimum Gasteiger partial charge on any atom is -0.356 e. The summed E-state index contributed by atoms with van der Waals surface area (Å²) in [7, 11) is 1.75. The Balaban J connectivity index is 1.75. The number of rotatable bonds is 5. The van der Waals surface area contributed by atoms with Crippen LogP contribution in [0.1, 0.15) is 32.1 Å². The monoisotopic (exact) mass is 298 g/mol. The third-order valence-corrected chi connectivity index (χ3v) is 4.42. The Morgan fingerprint density at radius 1 is 1.27 bits per heavy atom. The molecule has 1 aliphatic carbocycles. The molecule has 0 amide bonds. The Morgan fingerprint density at radius 2 is 2.00 bits per heavy atom. The average molecular weight is 298 g/mol. The van der Waals surface area contributed by atoms with Gasteiger partial charge in [-0.1, -0.05) is 25.7 Å². The zero-order chi connectivity index (χ0) is 15.4. The molecule has 0 unspecified atom stereocenters. The summed E-state index contributed by atoms with van der Waals surface area (Å²) in [5.74, 6) is 1.46. The first-order valence-electron chi connectivity index (χ1n) is 7.96. The van der Waals surface area contributed by atoms with E-state index in [1.807, 2.05) is 12.1 Å². The summed E-state index contributed by atoms with van der Waals surface area (Å²) in [4.78, 5) is 20.7. The molecular formula is C17H22N4O. The molecule has 1 aliphatic rings. The maximum atomic E-state index is 12.1. The highest BCUT2D eigenvalue weighted by molar-refractivity contribution is 5.59. The van der Waals surface area contributed by atoms with Gasteiger partial charge < -0.3 is 5.32 Å². The molecule has 0 bridgehead atoms. The van der Waals surface area contributed by atoms with Gasteiger partial charge in [0.05, 0.1) is 5.69 Å². The molecule has 1 N–H and O–H groups in total. The number of anilines is 1. The van der Waals surface area contributed by atoms with Crippen molar-refractivity contribution in [2.75, 3.05) is 11.9 Å². The number of pyridine rings is 1. The minimum atomic E-state index is -0.0508. The maximum Gasteiger partial charge on any atom is 0.255 e. The highest BCUT2D eigenvalue weighted by Crippen LogP contribution is 2.27. The quantitative estimate of drug-likeness (QED) is 0.922. The number of nitrogens with zero attached hydrogens (tertiary/aromatic N) is 3. The molecule has 0 spiro atoms. The van der Waals surface area contributed by atoms with E-state index in [0.29, 0.717) is 11.6 Å². The van der Waals surface area contributed by atoms with E-state index in [-0.39, 0.29) is 5.56 Å². The first kappa shape index (κ1) is 14.8. The lowest BCUT2D eigenvalue weighted by molar-refractivity contribution is 0.517. The lowest BCUT2D eigenvalue weighted by Crippen LogP contribution is -2.22. The molecule has 3 rings (SSSR count). The zero-order valence-corrected chi connectivity index (χ0v) is 13.0. The standard InChI is InChI=1S/C17H22N4O/c1-21-16(22)12-15(14-7-9-18-10-8-14)20-17(21)19-11-6-13-4-2-3-5-13/h7-10,12-13H,2-6,11H2,1H3,(H,19,20). The summed E-state index contributed by atoms with van der Waals surface area (Å²) in [5, 5.41) is 3.33. The molecular weight excluding hydrogens is 276 g/mol. The Hall–Kier alpha value is -2.17. The average Bonchev–Trinajstić information content (AvgIpc) is 3.05. The molecule has 22 heavy (non-hydrogen) atoms. The number of hydrogen-bond donors (Lipinski definition) is 1. The molecule has 2 aromatic heterocycles. The van der Waals surface area contributed by atoms with Crippen molar-refractivity contribution in [1.82, 2.24) is 14.5 Å². The van der Waals surface area contributed by atoms with Gasteiger partial charge in [0.15, 0.2) is 0 Å². The molecule has 5 heteroatoms. The topological polar surface area (TPSA) is 59.8 Å². The predicted molar refractivity (Wildman–Crippen MR) is 87.8 cm³/mol. The molecule has 0 aromatic carbocycles. The summed E-state index contributed by atoms with van der Waals surface area (Å²) in [5.41, 5.74) is 1.55. The van der Waals surface area contributed by atoms with Crippen LogP contribution in [0.4, 0.5) is 5.95 Å². The molecule has 1 saturated carbocycles. The van der Waals surface area contributed by atoms with Gasteiger partial charge in [-0.3, -0.25) is 14.3 Å². The van der Waals surface area contributed by atoms with Crippen LogP contribution in [0, 0.1) is 5.92 Å². The fourth-order valence-electron chi connectivity index (χ4n) is 3.06. The van der Waals surface area contributed by atoms with Crippen molar-refractivity contribution < 1.29 is 0 Å². The molecule has 2 aromatic rings. The van der Waals surface area contributed by atoms with Gasteiger partial charge in [0.2, 0.25) is 5.95 Å². The SMILES string of the molecule is Cn1c(NCCC2CCCC2)nc(-c2ccncc2)cc1=O. The Morgan fingerprint density at radius 3 is 2.73 bits per heavy atom. The van der Waals surface area contributed by atoms with Crippen molar-refractivity contribution in [2.45, 2.75) is 32.1 Å². The Bertz CT molecular complexity index is 675. The first-order valence-corrected chi connectivity index (χ1v) is 7.96. The molecule has 2 heterocycles. The van der Waals surface area contributed by atoms with E-state index >= 15 is 0 Å². The van der Waals surface area contributed by atoms with Crippen molar-refractivity contribution in [2.24, 2.45) is 13.0 Å². The fourth-order valence-corrected chi connectivity index (χ4v) is 3.06. The predicted octanol–water partition coefficient (Wildman–Crippen LogP) is 2.83. The first-order chi connectivity index (χ1) is 10.7. The Labute approximate surface area is 130 Å². The van der Waals surface area contributed by atoms with Crippen LogP contribution in [-0.2, 0) is 7.05 Å². The van der Waals surface area contributed by atoms with E-state index in [0.717, 1.165) is 24.4 Å². The third kappa shape index (κ3) is 3.35. The van der Waals surface area contributed by atoms with Gasteiger partial charge in [0.1, 0.15) is 0 Å². The van der Waals surface area contributed by atoms with Crippen LogP contribution in [0.15, 0.2) is 35.4 Å². The van der Waals surface area contributed by atoms with Gasteiger partial charge in [-0.2, -0.15) is 0 Å². The van der Waals surface area contributed by atoms with E-state index in [2.05, 4.69) is 15.3 Å². The summed E-state index contributed by atoms with van der Waals surface area (Å²) in [6.07, 6.45) is 9.97. The van der Waals surface area contributed by atoms with Gasteiger partial charge in [0, 0.05) is 37.6 Å². The van der Waals surface area contributed by atoms with Crippen LogP contribution in [0.5, 0.6) is 0 Å². The van der Waals surface area contributed by atoms with Crippen molar-refractivity contribution in [1.29, 1.82) is 0 Å². The Kier molecular flexibility index (Phi) is 4.51. The third-order valence-electron chi connectivity index (χ3n) is 4.42. The molecule has 0 radical (unpaired) electrons. The zero-order valence-electron chi connectivity index (χ0n) is 13.0. The lowest BCUT2D eigenvalue weighted by Gasteiger charge is -2.13. The van der Waals surface area contributed by atoms with Crippen molar-refractivity contribution in [3.8, 4) is 11.3 Å². The van der Waals surface area contributed by atoms with Crippen molar-refractivity contribution in [3.63, 3.8) is 0 Å². The van der Waals surface area contributed by atoms with E-state index in [1.54, 1.807) is 30.1 Å². The summed E-state index contributed by atoms with van der Waals surface area (Å²) >= 11 is 0. The second-order valence-corrected chi connectivity index (χ2v) is 5.96. The van der Waals surface area contributed by atoms with Gasteiger partial charge in [-0.15, -0.1) is 0 Å². The van der Waals surface area contributed by atoms with Crippen LogP contribution in [0.3, 0.4) is 0 Å². The minimum absolute atomic E-state index is 0.0508. The van der Waals surface area contributed by atoms with E-state index in [9.17, 15) is 4.79 Å². The van der Waals surface area contributed by atoms with Gasteiger partial charge in [-0.05, 0) is 24.5 Å². The van der Waals surface area contributed by atoms with Crippen LogP contribution in [0.25, 0.3) is 11.3 Å². The largest absolute Gasteiger partial charge is 0.356 e. The van der Waals surface area contributed by atoms with E-state index in [1.165, 1.54) is 25.7 Å². The van der Waals surface area contributed by atoms with Crippen molar-refractivity contribution in [3.05, 3.63) is 40.9 Å². The molecule has 5 nitrogen and oxygen atoms in total. The molecule has 116 valence electrons. The smallest absolute Gasteiger partial charge is 0.255 e. The molecule has 0 atom stereocenters. The summed E-state index contributed by atoms with van der Waals surface area (Å²) in [6, 6.07) is 5.30. The number of aromatic nitrogens is 3. The van der Waals surface area contributed by atoms with Crippen LogP contribution in [-0.4, -0.2) is 21.1 Å². The van der Waals surface area contributed by atoms with Crippen molar-refractivity contribution >= 4 is 5.95 Å². The van der Waals surface area contributed by atoms with Gasteiger partial charge in [0.25, 0.3) is 5.56 Å².